The van der Waals surface area contributed by atoms with Gasteiger partial charge in [0.1, 0.15) is 0 Å². The van der Waals surface area contributed by atoms with Gasteiger partial charge in [-0.3, -0.25) is 14.2 Å². The molecule has 1 heterocycles. The van der Waals surface area contributed by atoms with Gasteiger partial charge in [-0.15, -0.1) is 0 Å². The molecule has 0 aliphatic carbocycles. The zero-order valence-electron chi connectivity index (χ0n) is 14.1. The van der Waals surface area contributed by atoms with Gasteiger partial charge in [-0.1, -0.05) is 26.0 Å². The number of rotatable bonds is 7. The molecule has 0 saturated carbocycles. The molecule has 1 aromatic carbocycles. The molecular weight excluding hydrogens is 312 g/mol. The molecule has 1 aromatic heterocycles. The number of hydrogen-bond donors (Lipinski definition) is 1. The highest BCUT2D eigenvalue weighted by Gasteiger charge is 2.18. The molecule has 0 aliphatic rings. The fraction of sp³-hybridized carbons (Fsp3) is 0.471. The number of para-hydroxylation sites is 2. The van der Waals surface area contributed by atoms with Crippen molar-refractivity contribution in [2.75, 3.05) is 6.54 Å². The minimum absolute atomic E-state index is 0.0226. The average molecular weight is 334 g/mol. The van der Waals surface area contributed by atoms with Gasteiger partial charge in [-0.05, 0) is 25.0 Å². The quantitative estimate of drug-likeness (QED) is 0.778. The van der Waals surface area contributed by atoms with Crippen molar-refractivity contribution in [1.29, 1.82) is 0 Å². The maximum Gasteiger partial charge on any atom is 0.419 e. The lowest BCUT2D eigenvalue weighted by molar-refractivity contribution is -0.155. The molecule has 0 bridgehead atoms. The zero-order chi connectivity index (χ0) is 17.7. The van der Waals surface area contributed by atoms with Crippen molar-refractivity contribution in [3.05, 3.63) is 34.8 Å². The Balaban J connectivity index is 1.89. The average Bonchev–Trinajstić information content (AvgIpc) is 2.85. The minimum Gasteiger partial charge on any atom is -0.452 e. The summed E-state index contributed by atoms with van der Waals surface area (Å²) in [7, 11) is 0. The van der Waals surface area contributed by atoms with Crippen LogP contribution in [0.25, 0.3) is 11.1 Å². The number of nitrogens with zero attached hydrogens (tertiary/aromatic N) is 1. The van der Waals surface area contributed by atoms with Gasteiger partial charge in [-0.25, -0.2) is 4.79 Å². The lowest BCUT2D eigenvalue weighted by atomic mass is 10.2. The van der Waals surface area contributed by atoms with Crippen LogP contribution in [0.15, 0.2) is 33.5 Å². The molecule has 0 saturated heterocycles. The number of nitrogens with one attached hydrogen (secondary N) is 1. The lowest BCUT2D eigenvalue weighted by Gasteiger charge is -2.14. The van der Waals surface area contributed by atoms with E-state index in [-0.39, 0.29) is 18.9 Å². The maximum atomic E-state index is 11.9. The van der Waals surface area contributed by atoms with E-state index >= 15 is 0 Å². The molecule has 1 amide bonds. The van der Waals surface area contributed by atoms with Crippen LogP contribution in [0.1, 0.15) is 27.2 Å². The van der Waals surface area contributed by atoms with Crippen LogP contribution in [-0.4, -0.2) is 29.1 Å². The van der Waals surface area contributed by atoms with Crippen LogP contribution in [0.4, 0.5) is 0 Å². The van der Waals surface area contributed by atoms with E-state index in [2.05, 4.69) is 5.32 Å². The van der Waals surface area contributed by atoms with E-state index in [1.54, 1.807) is 24.3 Å². The van der Waals surface area contributed by atoms with Crippen LogP contribution in [0, 0.1) is 5.92 Å². The second kappa shape index (κ2) is 7.81. The second-order valence-electron chi connectivity index (χ2n) is 6.01. The molecule has 7 nitrogen and oxygen atoms in total. The number of fused-ring (bicyclic) bond motifs is 1. The Morgan fingerprint density at radius 1 is 1.25 bits per heavy atom. The molecule has 1 N–H and O–H groups in total. The summed E-state index contributed by atoms with van der Waals surface area (Å²) >= 11 is 0. The normalized spacial score (nSPS) is 12.3. The third-order valence-electron chi connectivity index (χ3n) is 3.48. The molecule has 0 unspecified atom stereocenters. The smallest absolute Gasteiger partial charge is 0.419 e. The molecule has 0 radical (unpaired) electrons. The fourth-order valence-corrected chi connectivity index (χ4v) is 2.19. The Bertz CT molecular complexity index is 775. The first kappa shape index (κ1) is 17.8. The predicted molar refractivity (Wildman–Crippen MR) is 88.5 cm³/mol. The van der Waals surface area contributed by atoms with E-state index in [0.29, 0.717) is 23.6 Å². The summed E-state index contributed by atoms with van der Waals surface area (Å²) < 4.78 is 11.6. The third-order valence-corrected chi connectivity index (χ3v) is 3.48. The first-order valence-corrected chi connectivity index (χ1v) is 7.94. The van der Waals surface area contributed by atoms with Crippen molar-refractivity contribution in [3.8, 4) is 0 Å². The van der Waals surface area contributed by atoms with Crippen LogP contribution in [0.3, 0.4) is 0 Å². The minimum atomic E-state index is -0.867. The van der Waals surface area contributed by atoms with Gasteiger partial charge in [0, 0.05) is 13.1 Å². The molecular formula is C17H22N2O5. The van der Waals surface area contributed by atoms with E-state index in [4.69, 9.17) is 9.15 Å². The monoisotopic (exact) mass is 334 g/mol. The predicted octanol–water partition coefficient (Wildman–Crippen LogP) is 1.69. The molecule has 2 aromatic rings. The Kier molecular flexibility index (Phi) is 5.78. The molecule has 24 heavy (non-hydrogen) atoms. The topological polar surface area (TPSA) is 90.5 Å². The van der Waals surface area contributed by atoms with E-state index in [0.717, 1.165) is 0 Å². The highest BCUT2D eigenvalue weighted by atomic mass is 16.5. The van der Waals surface area contributed by atoms with Crippen molar-refractivity contribution in [1.82, 2.24) is 9.88 Å². The standard InChI is InChI=1S/C17H22N2O5/c1-11(2)10-18-16(21)12(3)23-15(20)8-9-19-13-6-4-5-7-14(13)24-17(19)22/h4-7,11-12H,8-10H2,1-3H3,(H,18,21)/t12-/m0/s1. The number of aromatic nitrogens is 1. The van der Waals surface area contributed by atoms with Crippen molar-refractivity contribution in [3.63, 3.8) is 0 Å². The Morgan fingerprint density at radius 3 is 2.67 bits per heavy atom. The molecule has 1 atom stereocenters. The van der Waals surface area contributed by atoms with Crippen molar-refractivity contribution in [2.24, 2.45) is 5.92 Å². The van der Waals surface area contributed by atoms with Crippen molar-refractivity contribution >= 4 is 23.0 Å². The second-order valence-corrected chi connectivity index (χ2v) is 6.01. The van der Waals surface area contributed by atoms with Crippen LogP contribution in [0.2, 0.25) is 0 Å². The molecule has 7 heteroatoms. The van der Waals surface area contributed by atoms with E-state index < -0.39 is 17.8 Å². The van der Waals surface area contributed by atoms with Gasteiger partial charge in [-0.2, -0.15) is 0 Å². The summed E-state index contributed by atoms with van der Waals surface area (Å²) in [5.74, 6) is -1.08. The number of carbonyl (C=O) groups is 2. The molecule has 2 rings (SSSR count). The van der Waals surface area contributed by atoms with Crippen LogP contribution in [-0.2, 0) is 20.9 Å². The van der Waals surface area contributed by atoms with Gasteiger partial charge >= 0.3 is 11.7 Å². The van der Waals surface area contributed by atoms with E-state index in [1.807, 2.05) is 13.8 Å². The van der Waals surface area contributed by atoms with Gasteiger partial charge in [0.2, 0.25) is 0 Å². The van der Waals surface area contributed by atoms with Crippen LogP contribution in [0.5, 0.6) is 0 Å². The van der Waals surface area contributed by atoms with Gasteiger partial charge < -0.3 is 14.5 Å². The molecule has 0 aliphatic heterocycles. The summed E-state index contributed by atoms with van der Waals surface area (Å²) in [4.78, 5) is 35.5. The summed E-state index contributed by atoms with van der Waals surface area (Å²) in [5, 5.41) is 2.70. The Hall–Kier alpha value is -2.57. The number of benzene rings is 1. The number of esters is 1. The number of aryl methyl sites for hydroxylation is 1. The van der Waals surface area contributed by atoms with Crippen molar-refractivity contribution < 1.29 is 18.7 Å². The lowest BCUT2D eigenvalue weighted by Crippen LogP contribution is -2.37. The number of hydrogen-bond acceptors (Lipinski definition) is 5. The summed E-state index contributed by atoms with van der Waals surface area (Å²) in [5.41, 5.74) is 1.09. The van der Waals surface area contributed by atoms with Crippen LogP contribution < -0.4 is 11.1 Å². The van der Waals surface area contributed by atoms with Crippen LogP contribution >= 0.6 is 0 Å². The van der Waals surface area contributed by atoms with E-state index in [1.165, 1.54) is 11.5 Å². The number of oxazole rings is 1. The highest BCUT2D eigenvalue weighted by Crippen LogP contribution is 2.12. The zero-order valence-corrected chi connectivity index (χ0v) is 14.1. The molecule has 0 spiro atoms. The molecule has 0 fully saturated rings. The number of amides is 1. The maximum absolute atomic E-state index is 11.9. The summed E-state index contributed by atoms with van der Waals surface area (Å²) in [6.45, 7) is 6.13. The largest absolute Gasteiger partial charge is 0.452 e. The summed E-state index contributed by atoms with van der Waals surface area (Å²) in [6.07, 6.45) is -0.889. The van der Waals surface area contributed by atoms with E-state index in [9.17, 15) is 14.4 Å². The van der Waals surface area contributed by atoms with Gasteiger partial charge in [0.15, 0.2) is 11.7 Å². The van der Waals surface area contributed by atoms with Crippen molar-refractivity contribution in [2.45, 2.75) is 39.8 Å². The van der Waals surface area contributed by atoms with Gasteiger partial charge in [0.05, 0.1) is 11.9 Å². The third kappa shape index (κ3) is 4.47. The molecule has 130 valence electrons. The Morgan fingerprint density at radius 2 is 1.96 bits per heavy atom. The number of carbonyl (C=O) groups excluding carboxylic acids is 2. The summed E-state index contributed by atoms with van der Waals surface area (Å²) in [6, 6.07) is 6.98. The SMILES string of the molecule is CC(C)CNC(=O)[C@H](C)OC(=O)CCn1c(=O)oc2ccccc21. The first-order chi connectivity index (χ1) is 11.4. The fourth-order valence-electron chi connectivity index (χ4n) is 2.19. The highest BCUT2D eigenvalue weighted by molar-refractivity contribution is 5.83. The first-order valence-electron chi connectivity index (χ1n) is 7.94. The Labute approximate surface area is 139 Å². The number of ether oxygens (including phenoxy) is 1. The van der Waals surface area contributed by atoms with Gasteiger partial charge in [0.25, 0.3) is 5.91 Å².